The van der Waals surface area contributed by atoms with Gasteiger partial charge in [0.25, 0.3) is 0 Å². The number of rotatable bonds is 1. The van der Waals surface area contributed by atoms with Gasteiger partial charge in [0.1, 0.15) is 0 Å². The van der Waals surface area contributed by atoms with Gasteiger partial charge in [-0.3, -0.25) is 4.79 Å². The highest BCUT2D eigenvalue weighted by atomic mass is 16.2. The zero-order valence-corrected chi connectivity index (χ0v) is 10.2. The van der Waals surface area contributed by atoms with Gasteiger partial charge in [-0.2, -0.15) is 0 Å². The molecule has 1 aliphatic carbocycles. The van der Waals surface area contributed by atoms with Crippen LogP contribution in [0.2, 0.25) is 0 Å². The molecule has 1 spiro atoms. The van der Waals surface area contributed by atoms with Gasteiger partial charge in [-0.15, -0.1) is 0 Å². The molecule has 2 fully saturated rings. The van der Waals surface area contributed by atoms with E-state index >= 15 is 0 Å². The molecule has 1 saturated heterocycles. The minimum atomic E-state index is 0.247. The summed E-state index contributed by atoms with van der Waals surface area (Å²) in [7, 11) is 0. The summed E-state index contributed by atoms with van der Waals surface area (Å²) in [6.45, 7) is 6.91. The molecule has 2 heteroatoms. The van der Waals surface area contributed by atoms with Crippen LogP contribution in [0.25, 0.3) is 0 Å². The van der Waals surface area contributed by atoms with Crippen LogP contribution in [0.3, 0.4) is 0 Å². The van der Waals surface area contributed by atoms with E-state index in [9.17, 15) is 4.79 Å². The Kier molecular flexibility index (Phi) is 2.56. The summed E-state index contributed by atoms with van der Waals surface area (Å²) in [5, 5.41) is 3.18. The first kappa shape index (κ1) is 11.0. The van der Waals surface area contributed by atoms with Crippen LogP contribution in [-0.4, -0.2) is 11.9 Å². The lowest BCUT2D eigenvalue weighted by molar-refractivity contribution is -0.120. The van der Waals surface area contributed by atoms with E-state index in [-0.39, 0.29) is 11.3 Å². The van der Waals surface area contributed by atoms with Crippen LogP contribution >= 0.6 is 0 Å². The van der Waals surface area contributed by atoms with E-state index in [1.807, 2.05) is 0 Å². The zero-order valence-electron chi connectivity index (χ0n) is 10.2. The predicted octanol–water partition coefficient (Wildman–Crippen LogP) is 2.87. The summed E-state index contributed by atoms with van der Waals surface area (Å²) in [4.78, 5) is 11.7. The molecule has 86 valence electrons. The summed E-state index contributed by atoms with van der Waals surface area (Å²) in [6.07, 6.45) is 6.98. The molecule has 2 nitrogen and oxygen atoms in total. The molecule has 2 rings (SSSR count). The Morgan fingerprint density at radius 1 is 1.33 bits per heavy atom. The highest BCUT2D eigenvalue weighted by Crippen LogP contribution is 2.57. The number of carbonyl (C=O) groups excluding carboxylic acids is 1. The van der Waals surface area contributed by atoms with Crippen LogP contribution in [0.4, 0.5) is 0 Å². The van der Waals surface area contributed by atoms with Gasteiger partial charge in [0, 0.05) is 17.9 Å². The molecule has 1 saturated carbocycles. The average Bonchev–Trinajstić information content (AvgIpc) is 2.49. The number of nitrogens with one attached hydrogen (secondary N) is 1. The summed E-state index contributed by atoms with van der Waals surface area (Å²) < 4.78 is 0. The monoisotopic (exact) mass is 209 g/mol. The van der Waals surface area contributed by atoms with E-state index in [0.29, 0.717) is 11.5 Å². The molecular formula is C13H23NO. The minimum Gasteiger partial charge on any atom is -0.353 e. The van der Waals surface area contributed by atoms with Gasteiger partial charge >= 0.3 is 0 Å². The van der Waals surface area contributed by atoms with Crippen molar-refractivity contribution in [1.29, 1.82) is 0 Å². The van der Waals surface area contributed by atoms with Gasteiger partial charge in [0.2, 0.25) is 5.91 Å². The van der Waals surface area contributed by atoms with Gasteiger partial charge in [0.05, 0.1) is 0 Å². The number of amides is 1. The molecule has 0 aromatic rings. The first-order chi connectivity index (χ1) is 7.02. The predicted molar refractivity (Wildman–Crippen MR) is 61.5 cm³/mol. The fourth-order valence-corrected chi connectivity index (χ4v) is 3.85. The van der Waals surface area contributed by atoms with E-state index in [2.05, 4.69) is 26.1 Å². The van der Waals surface area contributed by atoms with Crippen LogP contribution in [0.1, 0.15) is 59.3 Å². The van der Waals surface area contributed by atoms with Crippen LogP contribution < -0.4 is 5.32 Å². The van der Waals surface area contributed by atoms with Crippen LogP contribution in [0.15, 0.2) is 0 Å². The van der Waals surface area contributed by atoms with Crippen molar-refractivity contribution in [2.45, 2.75) is 65.3 Å². The van der Waals surface area contributed by atoms with Gasteiger partial charge in [-0.05, 0) is 24.7 Å². The Morgan fingerprint density at radius 3 is 2.60 bits per heavy atom. The lowest BCUT2D eigenvalue weighted by Gasteiger charge is -2.50. The molecule has 0 radical (unpaired) electrons. The van der Waals surface area contributed by atoms with Crippen LogP contribution in [0.5, 0.6) is 0 Å². The van der Waals surface area contributed by atoms with Gasteiger partial charge < -0.3 is 5.32 Å². The third-order valence-corrected chi connectivity index (χ3v) is 4.91. The molecule has 0 aromatic carbocycles. The molecule has 1 N–H and O–H groups in total. The first-order valence-electron chi connectivity index (χ1n) is 6.31. The Hall–Kier alpha value is -0.530. The quantitative estimate of drug-likeness (QED) is 0.707. The van der Waals surface area contributed by atoms with Crippen molar-refractivity contribution >= 4 is 5.91 Å². The molecule has 2 unspecified atom stereocenters. The molecule has 15 heavy (non-hydrogen) atoms. The third kappa shape index (κ3) is 1.49. The smallest absolute Gasteiger partial charge is 0.220 e. The van der Waals surface area contributed by atoms with Gasteiger partial charge in [-0.1, -0.05) is 33.6 Å². The van der Waals surface area contributed by atoms with E-state index in [0.717, 1.165) is 12.8 Å². The maximum Gasteiger partial charge on any atom is 0.220 e. The molecule has 0 bridgehead atoms. The second-order valence-corrected chi connectivity index (χ2v) is 5.95. The Balaban J connectivity index is 2.33. The SMILES string of the molecule is CCC1NC(=O)CC12CCCCC2(C)C. The second kappa shape index (κ2) is 3.50. The van der Waals surface area contributed by atoms with E-state index in [1.165, 1.54) is 25.7 Å². The fourth-order valence-electron chi connectivity index (χ4n) is 3.85. The van der Waals surface area contributed by atoms with Crippen molar-refractivity contribution < 1.29 is 4.79 Å². The van der Waals surface area contributed by atoms with Crippen molar-refractivity contribution in [1.82, 2.24) is 5.32 Å². The first-order valence-corrected chi connectivity index (χ1v) is 6.31. The maximum absolute atomic E-state index is 11.7. The molecule has 1 amide bonds. The van der Waals surface area contributed by atoms with Gasteiger partial charge in [0.15, 0.2) is 0 Å². The fraction of sp³-hybridized carbons (Fsp3) is 0.923. The van der Waals surface area contributed by atoms with Gasteiger partial charge in [-0.25, -0.2) is 0 Å². The third-order valence-electron chi connectivity index (χ3n) is 4.91. The number of hydrogen-bond donors (Lipinski definition) is 1. The van der Waals surface area contributed by atoms with Crippen LogP contribution in [-0.2, 0) is 4.79 Å². The maximum atomic E-state index is 11.7. The summed E-state index contributed by atoms with van der Waals surface area (Å²) in [5.41, 5.74) is 0.572. The lowest BCUT2D eigenvalue weighted by atomic mass is 9.54. The summed E-state index contributed by atoms with van der Waals surface area (Å²) in [5.74, 6) is 0.275. The number of hydrogen-bond acceptors (Lipinski definition) is 1. The molecule has 2 aliphatic rings. The lowest BCUT2D eigenvalue weighted by Crippen LogP contribution is -2.48. The van der Waals surface area contributed by atoms with E-state index in [1.54, 1.807) is 0 Å². The standard InChI is InChI=1S/C13H23NO/c1-4-10-13(9-11(15)14-10)8-6-5-7-12(13,2)3/h10H,4-9H2,1-3H3,(H,14,15). The molecule has 1 aliphatic heterocycles. The van der Waals surface area contributed by atoms with E-state index in [4.69, 9.17) is 0 Å². The van der Waals surface area contributed by atoms with Crippen molar-refractivity contribution in [2.24, 2.45) is 10.8 Å². The largest absolute Gasteiger partial charge is 0.353 e. The zero-order chi connectivity index (χ0) is 11.1. The molecule has 1 heterocycles. The van der Waals surface area contributed by atoms with Crippen molar-refractivity contribution in [3.63, 3.8) is 0 Å². The van der Waals surface area contributed by atoms with Crippen LogP contribution in [0, 0.1) is 10.8 Å². The molecular weight excluding hydrogens is 186 g/mol. The second-order valence-electron chi connectivity index (χ2n) is 5.95. The molecule has 0 aromatic heterocycles. The minimum absolute atomic E-state index is 0.247. The highest BCUT2D eigenvalue weighted by Gasteiger charge is 2.55. The van der Waals surface area contributed by atoms with Crippen molar-refractivity contribution in [3.05, 3.63) is 0 Å². The van der Waals surface area contributed by atoms with Crippen molar-refractivity contribution in [3.8, 4) is 0 Å². The molecule has 2 atom stereocenters. The van der Waals surface area contributed by atoms with Crippen molar-refractivity contribution in [2.75, 3.05) is 0 Å². The Bertz CT molecular complexity index is 272. The Morgan fingerprint density at radius 2 is 2.00 bits per heavy atom. The Labute approximate surface area is 92.8 Å². The summed E-state index contributed by atoms with van der Waals surface area (Å²) in [6, 6.07) is 0.417. The highest BCUT2D eigenvalue weighted by molar-refractivity contribution is 5.80. The van der Waals surface area contributed by atoms with E-state index < -0.39 is 0 Å². The normalized spacial score (nSPS) is 39.4. The number of carbonyl (C=O) groups is 1. The topological polar surface area (TPSA) is 29.1 Å². The summed E-state index contributed by atoms with van der Waals surface area (Å²) >= 11 is 0. The average molecular weight is 209 g/mol.